The highest BCUT2D eigenvalue weighted by Crippen LogP contribution is 1.79. The van der Waals surface area contributed by atoms with Crippen molar-refractivity contribution in [1.29, 1.82) is 0 Å². The van der Waals surface area contributed by atoms with Crippen molar-refractivity contribution in [3.05, 3.63) is 0 Å². The van der Waals surface area contributed by atoms with Gasteiger partial charge in [0.2, 0.25) is 0 Å². The lowest BCUT2D eigenvalue weighted by Gasteiger charge is -1.96. The summed E-state index contributed by atoms with van der Waals surface area (Å²) in [6.07, 6.45) is 0.161. The molecule has 0 radical (unpaired) electrons. The highest BCUT2D eigenvalue weighted by Gasteiger charge is 1.92. The molecule has 0 amide bonds. The van der Waals surface area contributed by atoms with E-state index in [1.54, 1.807) is 4.90 Å². The topological polar surface area (TPSA) is 29.5 Å². The van der Waals surface area contributed by atoms with Crippen LogP contribution in [0.5, 0.6) is 0 Å². The maximum absolute atomic E-state index is 10.5. The smallest absolute Gasteiger partial charge is 0.317 e. The zero-order valence-corrected chi connectivity index (χ0v) is 10.5. The molecule has 0 unspecified atom stereocenters. The summed E-state index contributed by atoms with van der Waals surface area (Å²) in [5.74, 6) is 2.34. The molecule has 0 rings (SSSR count). The molecule has 0 atom stereocenters. The number of hydrogen-bond acceptors (Lipinski definition) is 3. The SMILES string of the molecule is CC.CC.COC(=O)CC#CN(C)C. The molecule has 0 aromatic rings. The Labute approximate surface area is 88.4 Å². The molecular formula is C11H23NO2. The summed E-state index contributed by atoms with van der Waals surface area (Å²) >= 11 is 0. The number of esters is 1. The van der Waals surface area contributed by atoms with E-state index >= 15 is 0 Å². The van der Waals surface area contributed by atoms with Crippen molar-refractivity contribution in [2.45, 2.75) is 34.1 Å². The average molecular weight is 201 g/mol. The van der Waals surface area contributed by atoms with E-state index in [1.807, 2.05) is 41.8 Å². The molecule has 0 spiro atoms. The van der Waals surface area contributed by atoms with Gasteiger partial charge in [-0.05, 0) is 0 Å². The Morgan fingerprint density at radius 3 is 1.93 bits per heavy atom. The Morgan fingerprint density at radius 2 is 1.64 bits per heavy atom. The predicted octanol–water partition coefficient (Wildman–Crippen LogP) is 2.12. The van der Waals surface area contributed by atoms with Crippen LogP contribution < -0.4 is 0 Å². The van der Waals surface area contributed by atoms with Crippen LogP contribution >= 0.6 is 0 Å². The Bertz CT molecular complexity index is 166. The molecule has 0 bridgehead atoms. The van der Waals surface area contributed by atoms with E-state index in [2.05, 4.69) is 16.7 Å². The van der Waals surface area contributed by atoms with Crippen molar-refractivity contribution < 1.29 is 9.53 Å². The van der Waals surface area contributed by atoms with E-state index < -0.39 is 0 Å². The number of hydrogen-bond donors (Lipinski definition) is 0. The first-order valence-electron chi connectivity index (χ1n) is 4.89. The average Bonchev–Trinajstić information content (AvgIpc) is 2.23. The summed E-state index contributed by atoms with van der Waals surface area (Å²) in [7, 11) is 4.97. The van der Waals surface area contributed by atoms with Crippen molar-refractivity contribution >= 4 is 5.97 Å². The van der Waals surface area contributed by atoms with Crippen LogP contribution in [0.3, 0.4) is 0 Å². The molecule has 3 nitrogen and oxygen atoms in total. The zero-order valence-electron chi connectivity index (χ0n) is 10.5. The van der Waals surface area contributed by atoms with E-state index in [9.17, 15) is 4.79 Å². The Balaban J connectivity index is -0.000000266. The van der Waals surface area contributed by atoms with Gasteiger partial charge in [0.25, 0.3) is 0 Å². The third-order valence-corrected chi connectivity index (χ3v) is 0.763. The van der Waals surface area contributed by atoms with Crippen molar-refractivity contribution in [3.63, 3.8) is 0 Å². The Hall–Kier alpha value is -1.17. The first kappa shape index (κ1) is 18.6. The lowest BCUT2D eigenvalue weighted by Crippen LogP contribution is -2.02. The van der Waals surface area contributed by atoms with E-state index in [-0.39, 0.29) is 12.4 Å². The van der Waals surface area contributed by atoms with Gasteiger partial charge in [0.05, 0.1) is 7.11 Å². The van der Waals surface area contributed by atoms with Crippen LogP contribution in [0.15, 0.2) is 0 Å². The first-order valence-corrected chi connectivity index (χ1v) is 4.89. The summed E-state index contributed by atoms with van der Waals surface area (Å²) in [6.45, 7) is 8.00. The van der Waals surface area contributed by atoms with Crippen LogP contribution in [-0.4, -0.2) is 32.1 Å². The van der Waals surface area contributed by atoms with Gasteiger partial charge in [0.15, 0.2) is 0 Å². The minimum absolute atomic E-state index is 0.161. The van der Waals surface area contributed by atoms with Gasteiger partial charge >= 0.3 is 5.97 Å². The molecule has 0 N–H and O–H groups in total. The van der Waals surface area contributed by atoms with E-state index in [0.29, 0.717) is 0 Å². The first-order chi connectivity index (χ1) is 6.66. The van der Waals surface area contributed by atoms with Gasteiger partial charge < -0.3 is 9.64 Å². The largest absolute Gasteiger partial charge is 0.468 e. The predicted molar refractivity (Wildman–Crippen MR) is 60.8 cm³/mol. The van der Waals surface area contributed by atoms with Crippen molar-refractivity contribution in [1.82, 2.24) is 4.90 Å². The maximum Gasteiger partial charge on any atom is 0.317 e. The Morgan fingerprint density at radius 1 is 1.21 bits per heavy atom. The second kappa shape index (κ2) is 17.8. The zero-order chi connectivity index (χ0) is 12.0. The number of nitrogens with zero attached hydrogens (tertiary/aromatic N) is 1. The fourth-order valence-corrected chi connectivity index (χ4v) is 0.342. The van der Waals surface area contributed by atoms with Crippen molar-refractivity contribution in [2.24, 2.45) is 0 Å². The van der Waals surface area contributed by atoms with Crippen LogP contribution in [0.2, 0.25) is 0 Å². The highest BCUT2D eigenvalue weighted by atomic mass is 16.5. The normalized spacial score (nSPS) is 6.21. The number of carbonyl (C=O) groups excluding carboxylic acids is 1. The molecule has 3 heteroatoms. The second-order valence-electron chi connectivity index (χ2n) is 1.94. The number of methoxy groups -OCH3 is 1. The molecule has 14 heavy (non-hydrogen) atoms. The number of carbonyl (C=O) groups is 1. The Kier molecular flexibility index (Phi) is 23.6. The lowest BCUT2D eigenvalue weighted by atomic mass is 10.4. The molecule has 0 heterocycles. The van der Waals surface area contributed by atoms with Crippen LogP contribution in [0, 0.1) is 12.0 Å². The van der Waals surface area contributed by atoms with Gasteiger partial charge in [-0.25, -0.2) is 0 Å². The highest BCUT2D eigenvalue weighted by molar-refractivity contribution is 5.72. The number of ether oxygens (including phenoxy) is 1. The summed E-state index contributed by atoms with van der Waals surface area (Å²) < 4.78 is 4.37. The van der Waals surface area contributed by atoms with Crippen LogP contribution in [0.25, 0.3) is 0 Å². The van der Waals surface area contributed by atoms with Gasteiger partial charge in [-0.15, -0.1) is 0 Å². The third kappa shape index (κ3) is 22.4. The van der Waals surface area contributed by atoms with Crippen molar-refractivity contribution in [2.75, 3.05) is 21.2 Å². The van der Waals surface area contributed by atoms with E-state index in [4.69, 9.17) is 0 Å². The van der Waals surface area contributed by atoms with Crippen molar-refractivity contribution in [3.8, 4) is 12.0 Å². The summed E-state index contributed by atoms with van der Waals surface area (Å²) in [4.78, 5) is 12.1. The second-order valence-corrected chi connectivity index (χ2v) is 1.94. The molecule has 0 saturated carbocycles. The molecule has 0 saturated heterocycles. The quantitative estimate of drug-likeness (QED) is 0.370. The standard InChI is InChI=1S/C7H11NO2.2C2H6/c1-8(2)6-4-5-7(9)10-3;2*1-2/h5H2,1-3H3;2*1-2H3. The van der Waals surface area contributed by atoms with Crippen LogP contribution in [0.4, 0.5) is 0 Å². The van der Waals surface area contributed by atoms with Gasteiger partial charge in [0.1, 0.15) is 6.42 Å². The van der Waals surface area contributed by atoms with Gasteiger partial charge in [0, 0.05) is 20.1 Å². The van der Waals surface area contributed by atoms with E-state index in [0.717, 1.165) is 0 Å². The summed E-state index contributed by atoms with van der Waals surface area (Å²) in [5, 5.41) is 0. The molecule has 0 aromatic carbocycles. The van der Waals surface area contributed by atoms with E-state index in [1.165, 1.54) is 7.11 Å². The van der Waals surface area contributed by atoms with Crippen LogP contribution in [0.1, 0.15) is 34.1 Å². The molecule has 84 valence electrons. The van der Waals surface area contributed by atoms with Crippen LogP contribution in [-0.2, 0) is 9.53 Å². The van der Waals surface area contributed by atoms with Gasteiger partial charge in [-0.2, -0.15) is 0 Å². The fourth-order valence-electron chi connectivity index (χ4n) is 0.342. The third-order valence-electron chi connectivity index (χ3n) is 0.763. The minimum atomic E-state index is -0.297. The molecule has 0 aliphatic heterocycles. The molecule has 0 aliphatic rings. The summed E-state index contributed by atoms with van der Waals surface area (Å²) in [6, 6.07) is 2.69. The monoisotopic (exact) mass is 201 g/mol. The lowest BCUT2D eigenvalue weighted by molar-refractivity contribution is -0.139. The molecule has 0 aliphatic carbocycles. The maximum atomic E-state index is 10.5. The molecule has 0 fully saturated rings. The van der Waals surface area contributed by atoms with Gasteiger partial charge in [-0.1, -0.05) is 33.6 Å². The summed E-state index contributed by atoms with van der Waals surface area (Å²) in [5.41, 5.74) is 0. The fraction of sp³-hybridized carbons (Fsp3) is 0.727. The minimum Gasteiger partial charge on any atom is -0.468 e. The molecule has 0 aromatic heterocycles. The molecular weight excluding hydrogens is 178 g/mol. The number of rotatable bonds is 1. The van der Waals surface area contributed by atoms with Gasteiger partial charge in [-0.3, -0.25) is 4.79 Å².